The summed E-state index contributed by atoms with van der Waals surface area (Å²) in [6, 6.07) is 26.4. The lowest BCUT2D eigenvalue weighted by Crippen LogP contribution is -2.63. The summed E-state index contributed by atoms with van der Waals surface area (Å²) in [5, 5.41) is 0. The van der Waals surface area contributed by atoms with Crippen LogP contribution in [0.2, 0.25) is 0 Å². The van der Waals surface area contributed by atoms with Crippen LogP contribution >= 0.6 is 0 Å². The number of benzene rings is 3. The number of ether oxygens (including phenoxy) is 4. The Morgan fingerprint density at radius 3 is 1.83 bits per heavy atom. The minimum absolute atomic E-state index is 0.0933. The zero-order valence-corrected chi connectivity index (χ0v) is 31.3. The second kappa shape index (κ2) is 13.5. The Morgan fingerprint density at radius 1 is 0.741 bits per heavy atom. The van der Waals surface area contributed by atoms with E-state index >= 15 is 0 Å². The molecule has 0 unspecified atom stereocenters. The fraction of sp³-hybridized carbons (Fsp3) is 0.400. The van der Waals surface area contributed by atoms with Crippen LogP contribution in [-0.2, 0) is 33.3 Å². The molecule has 9 heteroatoms. The Labute approximate surface area is 315 Å². The smallest absolute Gasteiger partial charge is 0.338 e. The summed E-state index contributed by atoms with van der Waals surface area (Å²) in [5.41, 5.74) is -2.89. The maximum absolute atomic E-state index is 14.4. The van der Waals surface area contributed by atoms with Crippen molar-refractivity contribution < 1.29 is 42.9 Å². The van der Waals surface area contributed by atoms with Gasteiger partial charge in [0.1, 0.15) is 30.2 Å². The zero-order chi connectivity index (χ0) is 38.6. The number of hydrogen-bond donors (Lipinski definition) is 0. The number of esters is 4. The molecule has 4 aliphatic carbocycles. The molecule has 0 N–H and O–H groups in total. The van der Waals surface area contributed by atoms with E-state index in [0.29, 0.717) is 17.6 Å². The van der Waals surface area contributed by atoms with E-state index in [4.69, 9.17) is 18.9 Å². The third kappa shape index (κ3) is 5.22. The highest BCUT2D eigenvalue weighted by Gasteiger charge is 2.92. The van der Waals surface area contributed by atoms with Gasteiger partial charge in [0.15, 0.2) is 0 Å². The quantitative estimate of drug-likeness (QED) is 0.0998. The summed E-state index contributed by atoms with van der Waals surface area (Å²) in [4.78, 5) is 69.5. The van der Waals surface area contributed by atoms with Gasteiger partial charge < -0.3 is 18.9 Å². The second-order valence-corrected chi connectivity index (χ2v) is 16.0. The van der Waals surface area contributed by atoms with Gasteiger partial charge in [-0.3, -0.25) is 9.59 Å². The molecular weight excluding hydrogens is 684 g/mol. The van der Waals surface area contributed by atoms with Crippen molar-refractivity contribution in [2.24, 2.45) is 33.5 Å². The average molecular weight is 731 g/mol. The van der Waals surface area contributed by atoms with Gasteiger partial charge >= 0.3 is 23.9 Å². The van der Waals surface area contributed by atoms with Crippen molar-refractivity contribution in [3.63, 3.8) is 0 Å². The first-order chi connectivity index (χ1) is 25.7. The van der Waals surface area contributed by atoms with Crippen molar-refractivity contribution in [2.75, 3.05) is 0 Å². The van der Waals surface area contributed by atoms with Crippen LogP contribution in [0.15, 0.2) is 109 Å². The van der Waals surface area contributed by atoms with Gasteiger partial charge in [-0.15, -0.1) is 0 Å². The van der Waals surface area contributed by atoms with Crippen LogP contribution in [0.5, 0.6) is 0 Å². The van der Waals surface area contributed by atoms with E-state index in [-0.39, 0.29) is 24.2 Å². The van der Waals surface area contributed by atoms with Gasteiger partial charge in [0, 0.05) is 42.1 Å². The first-order valence-electron chi connectivity index (χ1n) is 18.6. The lowest BCUT2D eigenvalue weighted by Gasteiger charge is -2.60. The summed E-state index contributed by atoms with van der Waals surface area (Å²) >= 11 is 0. The lowest BCUT2D eigenvalue weighted by atomic mass is 9.42. The Bertz CT molecular complexity index is 2020. The van der Waals surface area contributed by atoms with Crippen LogP contribution in [0.25, 0.3) is 6.08 Å². The van der Waals surface area contributed by atoms with E-state index in [9.17, 15) is 24.0 Å². The molecule has 4 saturated carbocycles. The number of fused-ring (bicyclic) bond motifs is 1. The van der Waals surface area contributed by atoms with Crippen molar-refractivity contribution in [1.29, 1.82) is 0 Å². The van der Waals surface area contributed by atoms with Crippen molar-refractivity contribution in [3.05, 3.63) is 126 Å². The van der Waals surface area contributed by atoms with Crippen LogP contribution in [0.3, 0.4) is 0 Å². The molecule has 9 atom stereocenters. The molecule has 0 aromatic heterocycles. The van der Waals surface area contributed by atoms with E-state index in [1.807, 2.05) is 58.0 Å². The molecule has 3 aromatic carbocycles. The van der Waals surface area contributed by atoms with Gasteiger partial charge in [-0.2, -0.15) is 0 Å². The first-order valence-corrected chi connectivity index (χ1v) is 18.6. The second-order valence-electron chi connectivity index (χ2n) is 16.0. The fourth-order valence-corrected chi connectivity index (χ4v) is 11.3. The molecule has 9 nitrogen and oxygen atoms in total. The van der Waals surface area contributed by atoms with Crippen LogP contribution < -0.4 is 0 Å². The summed E-state index contributed by atoms with van der Waals surface area (Å²) in [6.45, 7) is 13.8. The van der Waals surface area contributed by atoms with Crippen molar-refractivity contribution in [3.8, 4) is 0 Å². The largest absolute Gasteiger partial charge is 0.461 e. The van der Waals surface area contributed by atoms with Crippen LogP contribution in [0, 0.1) is 33.5 Å². The summed E-state index contributed by atoms with van der Waals surface area (Å²) in [6.07, 6.45) is -0.445. The molecule has 4 fully saturated rings. The molecule has 4 aliphatic rings. The Morgan fingerprint density at radius 2 is 1.28 bits per heavy atom. The Balaban J connectivity index is 1.44. The lowest BCUT2D eigenvalue weighted by molar-refractivity contribution is -0.181. The maximum atomic E-state index is 14.4. The minimum atomic E-state index is -1.37. The SMILES string of the molecule is C=C1[C@@H](OC(=O)/C=C/c2ccccc2)CC[C@@]2(C)[C@@H](OC(=O)c3ccccc3)[C@H](OC(=O)c3ccccc3)[C@]34[C@H](C)C(=O)C[C@@H]([C@@H](OC(C)=O)[C@@]132)C4(C)C. The number of hydrogen-bond acceptors (Lipinski definition) is 9. The number of rotatable bonds is 8. The normalized spacial score (nSPS) is 33.4. The number of carbonyl (C=O) groups excluding carboxylic acids is 5. The minimum Gasteiger partial charge on any atom is -0.461 e. The summed E-state index contributed by atoms with van der Waals surface area (Å²) in [7, 11) is 0. The molecule has 3 aromatic rings. The van der Waals surface area contributed by atoms with Gasteiger partial charge in [0.25, 0.3) is 0 Å². The van der Waals surface area contributed by atoms with E-state index < -0.39 is 81.8 Å². The zero-order valence-electron chi connectivity index (χ0n) is 31.3. The first kappa shape index (κ1) is 37.0. The topological polar surface area (TPSA) is 122 Å². The molecule has 54 heavy (non-hydrogen) atoms. The molecule has 0 heterocycles. The van der Waals surface area contributed by atoms with Gasteiger partial charge in [0.2, 0.25) is 0 Å². The molecule has 2 bridgehead atoms. The molecule has 0 amide bonds. The maximum Gasteiger partial charge on any atom is 0.338 e. The molecule has 280 valence electrons. The number of carbonyl (C=O) groups is 5. The molecule has 2 spiro atoms. The van der Waals surface area contributed by atoms with E-state index in [2.05, 4.69) is 6.58 Å². The number of ketones is 1. The summed E-state index contributed by atoms with van der Waals surface area (Å²) < 4.78 is 25.9. The van der Waals surface area contributed by atoms with Gasteiger partial charge in [-0.1, -0.05) is 101 Å². The third-order valence-corrected chi connectivity index (χ3v) is 13.3. The molecule has 7 rings (SSSR count). The number of Topliss-reactive ketones (excluding diaryl/α,β-unsaturated/α-hetero) is 1. The Hall–Kier alpha value is -5.31. The summed E-state index contributed by atoms with van der Waals surface area (Å²) in [5.74, 6) is -3.85. The highest BCUT2D eigenvalue weighted by Crippen LogP contribution is 2.86. The van der Waals surface area contributed by atoms with E-state index in [0.717, 1.165) is 5.56 Å². The van der Waals surface area contributed by atoms with E-state index in [1.54, 1.807) is 66.7 Å². The third-order valence-electron chi connectivity index (χ3n) is 13.3. The monoisotopic (exact) mass is 730 g/mol. The average Bonchev–Trinajstić information content (AvgIpc) is 3.41. The van der Waals surface area contributed by atoms with Crippen LogP contribution in [0.1, 0.15) is 80.2 Å². The van der Waals surface area contributed by atoms with Crippen LogP contribution in [0.4, 0.5) is 0 Å². The molecular formula is C45H46O9. The standard InChI is InChI=1S/C45H46O9/c1-27-34(47)26-33-37(51-29(3)46)45-28(2)35(52-36(48)23-22-30-16-10-7-11-17-30)24-25-43(45,6)38(53-40(49)31-18-12-8-13-19-31)39(44(27,45)42(33,4)5)54-41(50)32-20-14-9-15-21-32/h7-23,27,33,35,37-39H,2,24-26H2,1,3-6H3/b23-22+/t27-,33+,35+,37-,38+,39+,43+,44+,45-/m1/s1. The van der Waals surface area contributed by atoms with Crippen molar-refractivity contribution >= 4 is 35.7 Å². The molecule has 0 saturated heterocycles. The van der Waals surface area contributed by atoms with Gasteiger partial charge in [0.05, 0.1) is 16.5 Å². The highest BCUT2D eigenvalue weighted by atomic mass is 16.6. The highest BCUT2D eigenvalue weighted by molar-refractivity contribution is 5.92. The predicted molar refractivity (Wildman–Crippen MR) is 200 cm³/mol. The van der Waals surface area contributed by atoms with Crippen LogP contribution in [-0.4, -0.2) is 54.1 Å². The van der Waals surface area contributed by atoms with E-state index in [1.165, 1.54) is 13.0 Å². The van der Waals surface area contributed by atoms with Crippen molar-refractivity contribution in [1.82, 2.24) is 0 Å². The van der Waals surface area contributed by atoms with Crippen molar-refractivity contribution in [2.45, 2.75) is 78.3 Å². The molecule has 0 aliphatic heterocycles. The van der Waals surface area contributed by atoms with Gasteiger partial charge in [-0.05, 0) is 59.7 Å². The predicted octanol–water partition coefficient (Wildman–Crippen LogP) is 7.60. The fourth-order valence-electron chi connectivity index (χ4n) is 11.3. The molecule has 0 radical (unpaired) electrons. The Kier molecular flexibility index (Phi) is 9.27. The van der Waals surface area contributed by atoms with Gasteiger partial charge in [-0.25, -0.2) is 14.4 Å².